The lowest BCUT2D eigenvalue weighted by Crippen LogP contribution is -2.55. The molecule has 1 aromatic rings. The second kappa shape index (κ2) is 13.7. The molecule has 1 unspecified atom stereocenters. The van der Waals surface area contributed by atoms with Gasteiger partial charge in [-0.3, -0.25) is 14.4 Å². The number of amides is 3. The summed E-state index contributed by atoms with van der Waals surface area (Å²) in [6.45, 7) is 6.58. The van der Waals surface area contributed by atoms with Crippen LogP contribution in [-0.2, 0) is 14.4 Å². The van der Waals surface area contributed by atoms with Gasteiger partial charge in [0.15, 0.2) is 0 Å². The molecule has 0 spiro atoms. The molecule has 2 atom stereocenters. The topological polar surface area (TPSA) is 120 Å². The number of nitrogens with two attached hydrogens (primary N) is 1. The van der Waals surface area contributed by atoms with Gasteiger partial charge in [0.05, 0.1) is 6.54 Å². The fraction of sp³-hybridized carbons (Fsp3) is 0.522. The summed E-state index contributed by atoms with van der Waals surface area (Å²) in [5.74, 6) is 1.66. The summed E-state index contributed by atoms with van der Waals surface area (Å²) in [5, 5.41) is 4.82. The van der Waals surface area contributed by atoms with Crippen molar-refractivity contribution in [2.45, 2.75) is 44.5 Å². The number of benzene rings is 1. The fourth-order valence-corrected chi connectivity index (χ4v) is 4.66. The Morgan fingerprint density at radius 1 is 1.27 bits per heavy atom. The number of likely N-dealkylation sites (tertiary alicyclic amines) is 1. The first-order valence-electron chi connectivity index (χ1n) is 11.1. The molecule has 1 fully saturated rings. The van der Waals surface area contributed by atoms with Gasteiger partial charge in [-0.2, -0.15) is 0 Å². The molecule has 180 valence electrons. The van der Waals surface area contributed by atoms with Crippen LogP contribution in [0.4, 0.5) is 11.4 Å². The fourth-order valence-electron chi connectivity index (χ4n) is 3.58. The summed E-state index contributed by atoms with van der Waals surface area (Å²) in [7, 11) is 0. The number of carbonyl (C=O) groups excluding carboxylic acids is 3. The highest BCUT2D eigenvalue weighted by molar-refractivity contribution is 8.01. The summed E-state index contributed by atoms with van der Waals surface area (Å²) >= 11 is 1.16. The van der Waals surface area contributed by atoms with Gasteiger partial charge in [0, 0.05) is 37.8 Å². The molecule has 1 aliphatic heterocycles. The Morgan fingerprint density at radius 2 is 1.97 bits per heavy atom. The van der Waals surface area contributed by atoms with Gasteiger partial charge in [-0.1, -0.05) is 12.0 Å². The molecule has 0 aliphatic carbocycles. The van der Waals surface area contributed by atoms with E-state index >= 15 is 0 Å². The molecule has 10 heteroatoms. The molecule has 2 rings (SSSR count). The molecule has 1 aliphatic rings. The molecular formula is C23H34N6O3S. The summed E-state index contributed by atoms with van der Waals surface area (Å²) in [5.41, 5.74) is 7.54. The average molecular weight is 475 g/mol. The molecule has 1 heterocycles. The number of hydrogen-bond acceptors (Lipinski definition) is 7. The minimum atomic E-state index is -0.992. The van der Waals surface area contributed by atoms with Gasteiger partial charge in [-0.25, -0.2) is 0 Å². The maximum atomic E-state index is 12.4. The van der Waals surface area contributed by atoms with Crippen LogP contribution in [0, 0.1) is 12.3 Å². The van der Waals surface area contributed by atoms with Crippen LogP contribution in [0.25, 0.3) is 0 Å². The van der Waals surface area contributed by atoms with Gasteiger partial charge in [0.2, 0.25) is 17.7 Å². The smallest absolute Gasteiger partial charge is 0.240 e. The predicted molar refractivity (Wildman–Crippen MR) is 133 cm³/mol. The van der Waals surface area contributed by atoms with Crippen LogP contribution in [0.15, 0.2) is 24.3 Å². The molecule has 0 bridgehead atoms. The third kappa shape index (κ3) is 8.61. The Labute approximate surface area is 200 Å². The molecule has 33 heavy (non-hydrogen) atoms. The van der Waals surface area contributed by atoms with E-state index in [1.54, 1.807) is 6.07 Å². The molecule has 1 saturated heterocycles. The van der Waals surface area contributed by atoms with Gasteiger partial charge in [0.25, 0.3) is 0 Å². The van der Waals surface area contributed by atoms with Crippen molar-refractivity contribution in [3.05, 3.63) is 24.3 Å². The first-order valence-corrected chi connectivity index (χ1v) is 12.0. The Kier molecular flexibility index (Phi) is 11.0. The van der Waals surface area contributed by atoms with E-state index in [4.69, 9.17) is 12.2 Å². The number of likely N-dealkylation sites (N-methyl/N-ethyl adjacent to an activating group) is 1. The van der Waals surface area contributed by atoms with Crippen LogP contribution < -0.4 is 21.1 Å². The molecule has 0 aromatic heterocycles. The maximum Gasteiger partial charge on any atom is 0.240 e. The Balaban J connectivity index is 1.99. The van der Waals surface area contributed by atoms with E-state index in [1.165, 1.54) is 24.7 Å². The molecule has 0 radical (unpaired) electrons. The molecule has 1 aromatic carbocycles. The van der Waals surface area contributed by atoms with Gasteiger partial charge in [0.1, 0.15) is 11.4 Å². The van der Waals surface area contributed by atoms with Crippen molar-refractivity contribution >= 4 is 41.0 Å². The van der Waals surface area contributed by atoms with Crippen LogP contribution in [-0.4, -0.2) is 71.7 Å². The van der Waals surface area contributed by atoms with E-state index in [0.717, 1.165) is 31.6 Å². The predicted octanol–water partition coefficient (Wildman–Crippen LogP) is 1.44. The van der Waals surface area contributed by atoms with Crippen LogP contribution in [0.3, 0.4) is 0 Å². The van der Waals surface area contributed by atoms with Crippen LogP contribution in [0.5, 0.6) is 0 Å². The van der Waals surface area contributed by atoms with Crippen molar-refractivity contribution in [3.63, 3.8) is 0 Å². The van der Waals surface area contributed by atoms with Crippen molar-refractivity contribution in [1.82, 2.24) is 15.1 Å². The number of terminal acetylenes is 1. The van der Waals surface area contributed by atoms with E-state index in [0.29, 0.717) is 24.3 Å². The van der Waals surface area contributed by atoms with E-state index in [1.807, 2.05) is 25.1 Å². The third-order valence-electron chi connectivity index (χ3n) is 5.32. The highest BCUT2D eigenvalue weighted by atomic mass is 32.2. The van der Waals surface area contributed by atoms with Gasteiger partial charge in [-0.05, 0) is 63.0 Å². The molecular weight excluding hydrogens is 440 g/mol. The largest absolute Gasteiger partial charge is 0.344 e. The third-order valence-corrected chi connectivity index (χ3v) is 6.47. The van der Waals surface area contributed by atoms with Crippen LogP contribution in [0.2, 0.25) is 0 Å². The van der Waals surface area contributed by atoms with Crippen molar-refractivity contribution < 1.29 is 14.4 Å². The molecule has 3 amide bonds. The number of nitrogens with zero attached hydrogens (tertiary/aromatic N) is 2. The monoisotopic (exact) mass is 474 g/mol. The minimum Gasteiger partial charge on any atom is -0.344 e. The highest BCUT2D eigenvalue weighted by Gasteiger charge is 2.31. The van der Waals surface area contributed by atoms with Crippen molar-refractivity contribution in [1.29, 1.82) is 0 Å². The highest BCUT2D eigenvalue weighted by Crippen LogP contribution is 2.24. The van der Waals surface area contributed by atoms with E-state index < -0.39 is 17.3 Å². The normalized spacial score (nSPS) is 15.2. The zero-order valence-electron chi connectivity index (χ0n) is 19.3. The lowest BCUT2D eigenvalue weighted by molar-refractivity contribution is -0.131. The number of anilines is 2. The first kappa shape index (κ1) is 26.5. The number of rotatable bonds is 12. The second-order valence-corrected chi connectivity index (χ2v) is 8.71. The lowest BCUT2D eigenvalue weighted by Gasteiger charge is -2.32. The zero-order valence-corrected chi connectivity index (χ0v) is 20.1. The van der Waals surface area contributed by atoms with Gasteiger partial charge >= 0.3 is 0 Å². The standard InChI is InChI=1S/C23H34N6O3S/c1-4-12-25-22(32)21(24)23(29(5-2)17(3)30)33-27-19-10-8-9-18(16-19)26-20(31)11-15-28-13-6-7-14-28/h1,8-10,16,21,23,27H,5-7,11-15,24H2,2-3H3,(H,25,32)(H,26,31)/t21?,23-/m0/s1. The van der Waals surface area contributed by atoms with E-state index in [-0.39, 0.29) is 18.4 Å². The Bertz CT molecular complexity index is 853. The second-order valence-electron chi connectivity index (χ2n) is 7.79. The van der Waals surface area contributed by atoms with Crippen molar-refractivity contribution in [3.8, 4) is 12.3 Å². The minimum absolute atomic E-state index is 0.0366. The van der Waals surface area contributed by atoms with Crippen molar-refractivity contribution in [2.75, 3.05) is 42.8 Å². The molecule has 9 nitrogen and oxygen atoms in total. The molecule has 0 saturated carbocycles. The quantitative estimate of drug-likeness (QED) is 0.206. The SMILES string of the molecule is C#CCNC(=O)C(N)[C@H](SNc1cccc(NC(=O)CCN2CCCC2)c1)N(CC)C(C)=O. The zero-order chi connectivity index (χ0) is 24.2. The van der Waals surface area contributed by atoms with E-state index in [9.17, 15) is 14.4 Å². The molecule has 5 N–H and O–H groups in total. The summed E-state index contributed by atoms with van der Waals surface area (Å²) < 4.78 is 3.16. The number of hydrogen-bond donors (Lipinski definition) is 4. The maximum absolute atomic E-state index is 12.4. The van der Waals surface area contributed by atoms with Gasteiger partial charge in [-0.15, -0.1) is 6.42 Å². The summed E-state index contributed by atoms with van der Waals surface area (Å²) in [6.07, 6.45) is 8.04. The summed E-state index contributed by atoms with van der Waals surface area (Å²) in [4.78, 5) is 40.6. The van der Waals surface area contributed by atoms with E-state index in [2.05, 4.69) is 26.2 Å². The Morgan fingerprint density at radius 3 is 2.61 bits per heavy atom. The van der Waals surface area contributed by atoms with Crippen molar-refractivity contribution in [2.24, 2.45) is 5.73 Å². The van der Waals surface area contributed by atoms with Crippen LogP contribution >= 0.6 is 11.9 Å². The number of carbonyl (C=O) groups is 3. The van der Waals surface area contributed by atoms with Gasteiger partial charge < -0.3 is 30.9 Å². The average Bonchev–Trinajstić information content (AvgIpc) is 3.32. The first-order chi connectivity index (χ1) is 15.8. The van der Waals surface area contributed by atoms with Crippen LogP contribution in [0.1, 0.15) is 33.1 Å². The number of nitrogens with one attached hydrogen (secondary N) is 3. The lowest BCUT2D eigenvalue weighted by atomic mass is 10.2. The summed E-state index contributed by atoms with van der Waals surface area (Å²) in [6, 6.07) is 6.27. The Hall–Kier alpha value is -2.74.